The van der Waals surface area contributed by atoms with E-state index in [1.807, 2.05) is 0 Å². The molecule has 2 fully saturated rings. The molecule has 2 N–H and O–H groups in total. The first-order valence-electron chi connectivity index (χ1n) is 6.34. The minimum absolute atomic E-state index is 0.0394. The Balaban J connectivity index is 1.86. The van der Waals surface area contributed by atoms with Gasteiger partial charge in [-0.2, -0.15) is 11.8 Å². The largest absolute Gasteiger partial charge is 0.481 e. The molecule has 1 unspecified atom stereocenters. The predicted octanol–water partition coefficient (Wildman–Crippen LogP) is 1.39. The molecule has 1 atom stereocenters. The van der Waals surface area contributed by atoms with E-state index < -0.39 is 5.97 Å². The second-order valence-electron chi connectivity index (χ2n) is 5.49. The highest BCUT2D eigenvalue weighted by atomic mass is 32.2. The van der Waals surface area contributed by atoms with Crippen molar-refractivity contribution in [3.63, 3.8) is 0 Å². The lowest BCUT2D eigenvalue weighted by atomic mass is 10.1. The van der Waals surface area contributed by atoms with Crippen molar-refractivity contribution < 1.29 is 14.7 Å². The van der Waals surface area contributed by atoms with Crippen LogP contribution in [-0.4, -0.2) is 52.6 Å². The minimum atomic E-state index is -0.838. The Morgan fingerprint density at radius 2 is 2.22 bits per heavy atom. The molecule has 0 aromatic carbocycles. The van der Waals surface area contributed by atoms with Gasteiger partial charge in [-0.25, -0.2) is 4.79 Å². The summed E-state index contributed by atoms with van der Waals surface area (Å²) < 4.78 is 0. The molecule has 1 heterocycles. The molecule has 1 saturated carbocycles. The van der Waals surface area contributed by atoms with E-state index in [2.05, 4.69) is 12.2 Å². The number of aliphatic carboxylic acids is 1. The van der Waals surface area contributed by atoms with Crippen LogP contribution < -0.4 is 5.32 Å². The van der Waals surface area contributed by atoms with Crippen LogP contribution in [0.1, 0.15) is 26.2 Å². The van der Waals surface area contributed by atoms with Crippen molar-refractivity contribution in [2.75, 3.05) is 24.6 Å². The fraction of sp³-hybridized carbons (Fsp3) is 0.833. The topological polar surface area (TPSA) is 69.6 Å². The summed E-state index contributed by atoms with van der Waals surface area (Å²) in [5, 5.41) is 11.8. The van der Waals surface area contributed by atoms with Crippen molar-refractivity contribution in [1.82, 2.24) is 10.2 Å². The molecule has 0 aromatic rings. The number of urea groups is 1. The molecule has 0 spiro atoms. The Morgan fingerprint density at radius 1 is 1.50 bits per heavy atom. The zero-order valence-electron chi connectivity index (χ0n) is 10.6. The highest BCUT2D eigenvalue weighted by Gasteiger charge is 2.38. The van der Waals surface area contributed by atoms with Gasteiger partial charge in [-0.15, -0.1) is 0 Å². The first-order valence-corrected chi connectivity index (χ1v) is 7.50. The third-order valence-corrected chi connectivity index (χ3v) is 4.76. The normalized spacial score (nSPS) is 25.6. The first-order chi connectivity index (χ1) is 8.50. The Kier molecular flexibility index (Phi) is 4.04. The third kappa shape index (κ3) is 3.54. The fourth-order valence-electron chi connectivity index (χ4n) is 2.07. The first kappa shape index (κ1) is 13.5. The van der Waals surface area contributed by atoms with Gasteiger partial charge in [0.1, 0.15) is 0 Å². The standard InChI is InChI=1S/C12H20N2O3S/c1-12(2-3-12)8-13-11(17)14-4-5-18-7-9(14)6-10(15)16/h9H,2-8H2,1H3,(H,13,17)(H,15,16). The summed E-state index contributed by atoms with van der Waals surface area (Å²) >= 11 is 1.72. The van der Waals surface area contributed by atoms with Gasteiger partial charge in [0.25, 0.3) is 0 Å². The van der Waals surface area contributed by atoms with E-state index in [0.717, 1.165) is 11.5 Å². The lowest BCUT2D eigenvalue weighted by molar-refractivity contribution is -0.138. The Hall–Kier alpha value is -0.910. The highest BCUT2D eigenvalue weighted by molar-refractivity contribution is 7.99. The lowest BCUT2D eigenvalue weighted by Crippen LogP contribution is -2.52. The number of amides is 2. The molecule has 2 aliphatic rings. The van der Waals surface area contributed by atoms with Crippen LogP contribution in [0.2, 0.25) is 0 Å². The summed E-state index contributed by atoms with van der Waals surface area (Å²) in [5.74, 6) is 0.770. The van der Waals surface area contributed by atoms with Crippen molar-refractivity contribution in [3.05, 3.63) is 0 Å². The van der Waals surface area contributed by atoms with Crippen LogP contribution in [0.3, 0.4) is 0 Å². The van der Waals surface area contributed by atoms with Crippen molar-refractivity contribution in [3.8, 4) is 0 Å². The summed E-state index contributed by atoms with van der Waals surface area (Å²) in [6, 6.07) is -0.275. The van der Waals surface area contributed by atoms with Crippen LogP contribution in [0.25, 0.3) is 0 Å². The number of hydrogen-bond donors (Lipinski definition) is 2. The van der Waals surface area contributed by atoms with Crippen LogP contribution >= 0.6 is 11.8 Å². The molecule has 1 aliphatic carbocycles. The number of carboxylic acids is 1. The molecular formula is C12H20N2O3S. The maximum absolute atomic E-state index is 12.1. The Morgan fingerprint density at radius 3 is 2.83 bits per heavy atom. The number of nitrogens with one attached hydrogen (secondary N) is 1. The molecule has 6 heteroatoms. The predicted molar refractivity (Wildman–Crippen MR) is 70.8 cm³/mol. The molecule has 0 aromatic heterocycles. The summed E-state index contributed by atoms with van der Waals surface area (Å²) in [6.45, 7) is 3.51. The number of carboxylic acid groups (broad SMARTS) is 1. The SMILES string of the molecule is CC1(CNC(=O)N2CCSCC2CC(=O)O)CC1. The van der Waals surface area contributed by atoms with Crippen LogP contribution in [0.5, 0.6) is 0 Å². The van der Waals surface area contributed by atoms with E-state index >= 15 is 0 Å². The zero-order valence-corrected chi connectivity index (χ0v) is 11.5. The third-order valence-electron chi connectivity index (χ3n) is 3.67. The molecule has 1 saturated heterocycles. The number of rotatable bonds is 4. The minimum Gasteiger partial charge on any atom is -0.481 e. The second-order valence-corrected chi connectivity index (χ2v) is 6.64. The van der Waals surface area contributed by atoms with E-state index in [4.69, 9.17) is 5.11 Å². The van der Waals surface area contributed by atoms with E-state index in [9.17, 15) is 9.59 Å². The average molecular weight is 272 g/mol. The summed E-state index contributed by atoms with van der Waals surface area (Å²) in [7, 11) is 0. The van der Waals surface area contributed by atoms with Crippen LogP contribution in [0.15, 0.2) is 0 Å². The van der Waals surface area contributed by atoms with Gasteiger partial charge in [-0.05, 0) is 18.3 Å². The van der Waals surface area contributed by atoms with Gasteiger partial charge >= 0.3 is 12.0 Å². The van der Waals surface area contributed by atoms with E-state index in [1.54, 1.807) is 16.7 Å². The monoisotopic (exact) mass is 272 g/mol. The molecule has 5 nitrogen and oxygen atoms in total. The molecule has 2 rings (SSSR count). The van der Waals surface area contributed by atoms with Crippen molar-refractivity contribution in [1.29, 1.82) is 0 Å². The van der Waals surface area contributed by atoms with Crippen molar-refractivity contribution >= 4 is 23.8 Å². The van der Waals surface area contributed by atoms with Crippen LogP contribution in [0.4, 0.5) is 4.79 Å². The molecule has 0 bridgehead atoms. The molecule has 1 aliphatic heterocycles. The number of nitrogens with zero attached hydrogens (tertiary/aromatic N) is 1. The van der Waals surface area contributed by atoms with E-state index in [-0.39, 0.29) is 23.9 Å². The second kappa shape index (κ2) is 5.38. The highest BCUT2D eigenvalue weighted by Crippen LogP contribution is 2.44. The van der Waals surface area contributed by atoms with Crippen LogP contribution in [-0.2, 0) is 4.79 Å². The van der Waals surface area contributed by atoms with E-state index in [0.29, 0.717) is 13.1 Å². The summed E-state index contributed by atoms with van der Waals surface area (Å²) in [5.41, 5.74) is 0.280. The number of carbonyl (C=O) groups excluding carboxylic acids is 1. The smallest absolute Gasteiger partial charge is 0.317 e. The van der Waals surface area contributed by atoms with Crippen molar-refractivity contribution in [2.45, 2.75) is 32.2 Å². The maximum Gasteiger partial charge on any atom is 0.317 e. The average Bonchev–Trinajstić information content (AvgIpc) is 3.05. The van der Waals surface area contributed by atoms with Crippen LogP contribution in [0, 0.1) is 5.41 Å². The fourth-order valence-corrected chi connectivity index (χ4v) is 3.14. The van der Waals surface area contributed by atoms with E-state index in [1.165, 1.54) is 12.8 Å². The Labute approximate surface area is 111 Å². The molecular weight excluding hydrogens is 252 g/mol. The summed E-state index contributed by atoms with van der Waals surface area (Å²) in [4.78, 5) is 24.6. The molecule has 102 valence electrons. The Bertz CT molecular complexity index is 344. The maximum atomic E-state index is 12.1. The van der Waals surface area contributed by atoms with Gasteiger partial charge in [0.15, 0.2) is 0 Å². The molecule has 18 heavy (non-hydrogen) atoms. The molecule has 2 amide bonds. The number of hydrogen-bond acceptors (Lipinski definition) is 3. The summed E-state index contributed by atoms with van der Waals surface area (Å²) in [6.07, 6.45) is 2.38. The number of carbonyl (C=O) groups is 2. The quantitative estimate of drug-likeness (QED) is 0.811. The zero-order chi connectivity index (χ0) is 13.2. The van der Waals surface area contributed by atoms with Gasteiger partial charge in [-0.1, -0.05) is 6.92 Å². The van der Waals surface area contributed by atoms with Gasteiger partial charge in [-0.3, -0.25) is 4.79 Å². The molecule has 0 radical (unpaired) electrons. The van der Waals surface area contributed by atoms with Gasteiger partial charge < -0.3 is 15.3 Å². The lowest BCUT2D eigenvalue weighted by Gasteiger charge is -2.34. The van der Waals surface area contributed by atoms with Gasteiger partial charge in [0.05, 0.1) is 12.5 Å². The number of thioether (sulfide) groups is 1. The van der Waals surface area contributed by atoms with Crippen molar-refractivity contribution in [2.24, 2.45) is 5.41 Å². The van der Waals surface area contributed by atoms with Gasteiger partial charge in [0.2, 0.25) is 0 Å². The van der Waals surface area contributed by atoms with Gasteiger partial charge in [0, 0.05) is 24.6 Å².